The predicted molar refractivity (Wildman–Crippen MR) is 117 cm³/mol. The van der Waals surface area contributed by atoms with Gasteiger partial charge in [-0.2, -0.15) is 0 Å². The topological polar surface area (TPSA) is 36.4 Å². The molecule has 4 rings (SSSR count). The van der Waals surface area contributed by atoms with Crippen LogP contribution < -0.4 is 4.90 Å². The summed E-state index contributed by atoms with van der Waals surface area (Å²) in [4.78, 5) is 21.8. The molecular weight excluding hydrogens is 358 g/mol. The van der Waals surface area contributed by atoms with Crippen LogP contribution in [0.4, 0.5) is 5.69 Å². The zero-order chi connectivity index (χ0) is 20.2. The molecule has 0 bridgehead atoms. The van der Waals surface area contributed by atoms with Gasteiger partial charge in [-0.25, -0.2) is 4.98 Å². The van der Waals surface area contributed by atoms with E-state index in [1.807, 2.05) is 67.4 Å². The van der Waals surface area contributed by atoms with Crippen LogP contribution in [0, 0.1) is 0 Å². The summed E-state index contributed by atoms with van der Waals surface area (Å²) in [6.45, 7) is 6.53. The number of hydrogen-bond acceptors (Lipinski definition) is 3. The van der Waals surface area contributed by atoms with Crippen LogP contribution in [0.15, 0.2) is 72.9 Å². The third-order valence-corrected chi connectivity index (χ3v) is 5.54. The van der Waals surface area contributed by atoms with E-state index in [0.717, 1.165) is 30.8 Å². The number of nitrogens with zero attached hydrogens (tertiary/aromatic N) is 3. The largest absolute Gasteiger partial charge is 0.366 e. The second-order valence-electron chi connectivity index (χ2n) is 7.85. The number of rotatable bonds is 5. The Labute approximate surface area is 172 Å². The summed E-state index contributed by atoms with van der Waals surface area (Å²) in [6, 6.07) is 22.7. The number of amides is 1. The van der Waals surface area contributed by atoms with E-state index in [2.05, 4.69) is 34.1 Å². The van der Waals surface area contributed by atoms with Gasteiger partial charge in [-0.1, -0.05) is 54.6 Å². The Hall–Kier alpha value is -3.14. The fraction of sp³-hybridized carbons (Fsp3) is 0.280. The Balaban J connectivity index is 1.48. The highest BCUT2D eigenvalue weighted by molar-refractivity contribution is 5.92. The van der Waals surface area contributed by atoms with Gasteiger partial charge >= 0.3 is 0 Å². The Morgan fingerprint density at radius 3 is 2.41 bits per heavy atom. The first-order chi connectivity index (χ1) is 14.1. The minimum Gasteiger partial charge on any atom is -0.366 e. The zero-order valence-electron chi connectivity index (χ0n) is 17.1. The van der Waals surface area contributed by atoms with Gasteiger partial charge in [-0.15, -0.1) is 0 Å². The van der Waals surface area contributed by atoms with Gasteiger partial charge in [0.2, 0.25) is 0 Å². The van der Waals surface area contributed by atoms with Crippen LogP contribution in [0.5, 0.6) is 0 Å². The normalized spacial score (nSPS) is 13.3. The smallest absolute Gasteiger partial charge is 0.272 e. The average Bonchev–Trinajstić information content (AvgIpc) is 2.77. The van der Waals surface area contributed by atoms with E-state index in [9.17, 15) is 4.79 Å². The highest BCUT2D eigenvalue weighted by Gasteiger charge is 2.21. The van der Waals surface area contributed by atoms with Gasteiger partial charge in [0, 0.05) is 25.7 Å². The molecule has 0 aliphatic carbocycles. The molecule has 2 aromatic carbocycles. The molecule has 1 aliphatic heterocycles. The van der Waals surface area contributed by atoms with E-state index in [1.54, 1.807) is 0 Å². The molecule has 4 nitrogen and oxygen atoms in total. The molecule has 1 aliphatic rings. The van der Waals surface area contributed by atoms with Crippen LogP contribution in [0.25, 0.3) is 0 Å². The molecule has 1 aromatic heterocycles. The van der Waals surface area contributed by atoms with Gasteiger partial charge in [0.25, 0.3) is 5.91 Å². The average molecular weight is 386 g/mol. The monoisotopic (exact) mass is 385 g/mol. The van der Waals surface area contributed by atoms with Crippen molar-refractivity contribution < 1.29 is 4.79 Å². The van der Waals surface area contributed by atoms with Gasteiger partial charge in [-0.3, -0.25) is 4.79 Å². The SMILES string of the molecule is CC(C)N(Cc1ccccc1)C(=O)c1ccc(N2CCc3ccccc3C2)cn1. The van der Waals surface area contributed by atoms with Crippen molar-refractivity contribution >= 4 is 11.6 Å². The standard InChI is InChI=1S/C25H27N3O/c1-19(2)28(17-20-8-4-3-5-9-20)25(29)24-13-12-23(16-26-24)27-15-14-21-10-6-7-11-22(21)18-27/h3-13,16,19H,14-15,17-18H2,1-2H3. The van der Waals surface area contributed by atoms with Crippen LogP contribution in [0.1, 0.15) is 41.0 Å². The van der Waals surface area contributed by atoms with E-state index in [4.69, 9.17) is 0 Å². The van der Waals surface area contributed by atoms with Crippen molar-refractivity contribution in [3.8, 4) is 0 Å². The summed E-state index contributed by atoms with van der Waals surface area (Å²) >= 11 is 0. The lowest BCUT2D eigenvalue weighted by Crippen LogP contribution is -2.37. The highest BCUT2D eigenvalue weighted by Crippen LogP contribution is 2.24. The van der Waals surface area contributed by atoms with E-state index in [1.165, 1.54) is 11.1 Å². The van der Waals surface area contributed by atoms with E-state index < -0.39 is 0 Å². The summed E-state index contributed by atoms with van der Waals surface area (Å²) in [6.07, 6.45) is 2.87. The van der Waals surface area contributed by atoms with Crippen LogP contribution in [-0.4, -0.2) is 28.4 Å². The van der Waals surface area contributed by atoms with Crippen LogP contribution in [0.2, 0.25) is 0 Å². The van der Waals surface area contributed by atoms with Crippen molar-refractivity contribution in [2.75, 3.05) is 11.4 Å². The van der Waals surface area contributed by atoms with Crippen molar-refractivity contribution in [3.05, 3.63) is 95.3 Å². The zero-order valence-corrected chi connectivity index (χ0v) is 17.1. The molecule has 0 unspecified atom stereocenters. The lowest BCUT2D eigenvalue weighted by atomic mass is 10.00. The maximum absolute atomic E-state index is 13.1. The summed E-state index contributed by atoms with van der Waals surface area (Å²) in [7, 11) is 0. The third kappa shape index (κ3) is 4.32. The van der Waals surface area contributed by atoms with Gasteiger partial charge in [0.1, 0.15) is 5.69 Å². The molecule has 0 saturated carbocycles. The van der Waals surface area contributed by atoms with Crippen LogP contribution in [-0.2, 0) is 19.5 Å². The summed E-state index contributed by atoms with van der Waals surface area (Å²) < 4.78 is 0. The van der Waals surface area contributed by atoms with Gasteiger partial charge in [0.15, 0.2) is 0 Å². The first-order valence-corrected chi connectivity index (χ1v) is 10.2. The summed E-state index contributed by atoms with van der Waals surface area (Å²) in [5.41, 5.74) is 5.48. The molecule has 0 radical (unpaired) electrons. The van der Waals surface area contributed by atoms with Gasteiger partial charge < -0.3 is 9.80 Å². The van der Waals surface area contributed by atoms with Crippen LogP contribution >= 0.6 is 0 Å². The molecular formula is C25H27N3O. The van der Waals surface area contributed by atoms with Crippen LogP contribution in [0.3, 0.4) is 0 Å². The quantitative estimate of drug-likeness (QED) is 0.639. The number of benzene rings is 2. The number of carbonyl (C=O) groups excluding carboxylic acids is 1. The lowest BCUT2D eigenvalue weighted by molar-refractivity contribution is 0.0684. The molecule has 29 heavy (non-hydrogen) atoms. The first kappa shape index (κ1) is 19.2. The van der Waals surface area contributed by atoms with Crippen molar-refractivity contribution in [1.29, 1.82) is 0 Å². The number of pyridine rings is 1. The Bertz CT molecular complexity index is 967. The first-order valence-electron chi connectivity index (χ1n) is 10.2. The minimum absolute atomic E-state index is 0.0283. The maximum Gasteiger partial charge on any atom is 0.272 e. The fourth-order valence-corrected chi connectivity index (χ4v) is 3.83. The van der Waals surface area contributed by atoms with Crippen molar-refractivity contribution in [2.24, 2.45) is 0 Å². The van der Waals surface area contributed by atoms with Gasteiger partial charge in [0.05, 0.1) is 11.9 Å². The lowest BCUT2D eigenvalue weighted by Gasteiger charge is -2.31. The Kier molecular flexibility index (Phi) is 5.61. The molecule has 0 N–H and O–H groups in total. The van der Waals surface area contributed by atoms with Crippen molar-refractivity contribution in [1.82, 2.24) is 9.88 Å². The molecule has 2 heterocycles. The van der Waals surface area contributed by atoms with E-state index in [-0.39, 0.29) is 11.9 Å². The molecule has 0 fully saturated rings. The van der Waals surface area contributed by atoms with E-state index >= 15 is 0 Å². The second kappa shape index (κ2) is 8.48. The molecule has 0 spiro atoms. The molecule has 1 amide bonds. The minimum atomic E-state index is -0.0283. The summed E-state index contributed by atoms with van der Waals surface area (Å²) in [5.74, 6) is -0.0283. The Morgan fingerprint density at radius 1 is 1.00 bits per heavy atom. The molecule has 3 aromatic rings. The summed E-state index contributed by atoms with van der Waals surface area (Å²) in [5, 5.41) is 0. The number of aromatic nitrogens is 1. The van der Waals surface area contributed by atoms with Crippen molar-refractivity contribution in [2.45, 2.75) is 39.4 Å². The third-order valence-electron chi connectivity index (χ3n) is 5.54. The second-order valence-corrected chi connectivity index (χ2v) is 7.85. The van der Waals surface area contributed by atoms with E-state index in [0.29, 0.717) is 12.2 Å². The Morgan fingerprint density at radius 2 is 1.72 bits per heavy atom. The molecule has 4 heteroatoms. The fourth-order valence-electron chi connectivity index (χ4n) is 3.83. The number of carbonyl (C=O) groups is 1. The number of anilines is 1. The predicted octanol–water partition coefficient (Wildman–Crippen LogP) is 4.70. The number of hydrogen-bond donors (Lipinski definition) is 0. The molecule has 0 saturated heterocycles. The maximum atomic E-state index is 13.1. The number of fused-ring (bicyclic) bond motifs is 1. The van der Waals surface area contributed by atoms with Gasteiger partial charge in [-0.05, 0) is 49.1 Å². The highest BCUT2D eigenvalue weighted by atomic mass is 16.2. The van der Waals surface area contributed by atoms with Crippen molar-refractivity contribution in [3.63, 3.8) is 0 Å². The molecule has 148 valence electrons. The molecule has 0 atom stereocenters.